The van der Waals surface area contributed by atoms with Gasteiger partial charge in [-0.3, -0.25) is 4.21 Å². The summed E-state index contributed by atoms with van der Waals surface area (Å²) in [4.78, 5) is 11.6. The second-order valence-electron chi connectivity index (χ2n) is 5.77. The molecule has 2 aromatic heterocycles. The fraction of sp³-hybridized carbons (Fsp3) is 0.312. The van der Waals surface area contributed by atoms with Crippen molar-refractivity contribution < 1.29 is 74.2 Å². The summed E-state index contributed by atoms with van der Waals surface area (Å²) in [7, 11) is 0. The first-order chi connectivity index (χ1) is 12.1. The van der Waals surface area contributed by atoms with Crippen LogP contribution in [0.1, 0.15) is 5.82 Å². The molecule has 0 amide bonds. The van der Waals surface area contributed by atoms with Gasteiger partial charge in [-0.25, -0.2) is 14.6 Å². The number of anilines is 1. The predicted molar refractivity (Wildman–Crippen MR) is 93.9 cm³/mol. The number of piperazine rings is 1. The minimum absolute atomic E-state index is 0. The van der Waals surface area contributed by atoms with Crippen LogP contribution in [0, 0.1) is 6.92 Å². The molecule has 27 heavy (non-hydrogen) atoms. The molecular weight excluding hydrogens is 518 g/mol. The summed E-state index contributed by atoms with van der Waals surface area (Å²) in [6.07, 6.45) is 1.76. The Morgan fingerprint density at radius 2 is 1.78 bits per heavy atom. The molecule has 0 aliphatic carbocycles. The molecule has 0 bridgehead atoms. The summed E-state index contributed by atoms with van der Waals surface area (Å²) in [5.41, 5.74) is 1.46. The van der Waals surface area contributed by atoms with Crippen molar-refractivity contribution in [1.82, 2.24) is 19.7 Å². The standard InChI is InChI=1S/C16H17N6O2S.2Y/c1-11-19-15(21-8-6-17-7-9-21)14-10-18-22(16(14)20-11)12-2-4-13(5-3-12)25(23)24;;/h2-5,10H,6-9H2,1H3,(H,23,24);;/q-1;;/p-1. The fourth-order valence-electron chi connectivity index (χ4n) is 2.95. The van der Waals surface area contributed by atoms with Crippen molar-refractivity contribution in [2.45, 2.75) is 11.8 Å². The van der Waals surface area contributed by atoms with Gasteiger partial charge in [-0.2, -0.15) is 5.10 Å². The fourth-order valence-corrected chi connectivity index (χ4v) is 3.30. The van der Waals surface area contributed by atoms with E-state index >= 15 is 0 Å². The molecule has 11 heteroatoms. The van der Waals surface area contributed by atoms with E-state index in [0.29, 0.717) is 11.5 Å². The predicted octanol–water partition coefficient (Wildman–Crippen LogP) is 1.55. The molecule has 1 aromatic carbocycles. The van der Waals surface area contributed by atoms with Crippen LogP contribution in [0.3, 0.4) is 0 Å². The molecule has 1 fully saturated rings. The number of hydrogen-bond donors (Lipinski definition) is 0. The number of aromatic nitrogens is 4. The van der Waals surface area contributed by atoms with Crippen LogP contribution in [-0.2, 0) is 76.5 Å². The third kappa shape index (κ3) is 4.89. The van der Waals surface area contributed by atoms with Crippen LogP contribution in [0.15, 0.2) is 35.4 Å². The molecule has 8 nitrogen and oxygen atoms in total. The van der Waals surface area contributed by atoms with Gasteiger partial charge < -0.3 is 14.8 Å². The molecular formula is C16H16N6O2SY2-2. The third-order valence-corrected chi connectivity index (χ3v) is 4.81. The van der Waals surface area contributed by atoms with E-state index in [4.69, 9.17) is 0 Å². The quantitative estimate of drug-likeness (QED) is 0.473. The summed E-state index contributed by atoms with van der Waals surface area (Å²) >= 11 is -2.24. The smallest absolute Gasteiger partial charge is 0.168 e. The zero-order chi connectivity index (χ0) is 17.4. The Balaban J connectivity index is 0.00000131. The van der Waals surface area contributed by atoms with E-state index < -0.39 is 11.1 Å². The Morgan fingerprint density at radius 1 is 1.11 bits per heavy atom. The minimum Gasteiger partial charge on any atom is -0.768 e. The van der Waals surface area contributed by atoms with E-state index in [2.05, 4.69) is 25.3 Å². The Hall–Kier alpha value is -0.152. The number of rotatable bonds is 3. The van der Waals surface area contributed by atoms with Crippen LogP contribution in [0.4, 0.5) is 5.82 Å². The van der Waals surface area contributed by atoms with Gasteiger partial charge in [0.05, 0.1) is 17.3 Å². The zero-order valence-corrected chi connectivity index (χ0v) is 21.3. The number of nitrogens with zero attached hydrogens (tertiary/aromatic N) is 6. The van der Waals surface area contributed by atoms with E-state index in [1.807, 2.05) is 6.92 Å². The molecule has 1 unspecified atom stereocenters. The van der Waals surface area contributed by atoms with Gasteiger partial charge in [-0.15, -0.1) is 13.1 Å². The summed E-state index contributed by atoms with van der Waals surface area (Å²) < 4.78 is 23.7. The van der Waals surface area contributed by atoms with Crippen molar-refractivity contribution in [3.8, 4) is 5.69 Å². The normalized spacial score (nSPS) is 15.1. The van der Waals surface area contributed by atoms with Crippen LogP contribution in [0.25, 0.3) is 22.0 Å². The molecule has 136 valence electrons. The van der Waals surface area contributed by atoms with Gasteiger partial charge in [0.1, 0.15) is 11.6 Å². The minimum atomic E-state index is -2.24. The first-order valence-electron chi connectivity index (χ1n) is 7.94. The summed E-state index contributed by atoms with van der Waals surface area (Å²) in [6.45, 7) is 5.12. The molecule has 1 atom stereocenters. The van der Waals surface area contributed by atoms with Crippen molar-refractivity contribution in [2.75, 3.05) is 31.1 Å². The number of benzene rings is 1. The van der Waals surface area contributed by atoms with Crippen LogP contribution in [-0.4, -0.2) is 54.7 Å². The summed E-state index contributed by atoms with van der Waals surface area (Å²) in [5, 5.41) is 9.70. The SMILES string of the molecule is Cc1nc(N2CC[N-]CC2)c2cnn(-c3ccc(S(=O)[O-])cc3)c2n1.[Y].[Y]. The van der Waals surface area contributed by atoms with Gasteiger partial charge in [-0.05, 0) is 42.3 Å². The average Bonchev–Trinajstić information content (AvgIpc) is 3.05. The van der Waals surface area contributed by atoms with Crippen molar-refractivity contribution in [2.24, 2.45) is 0 Å². The maximum Gasteiger partial charge on any atom is 0.168 e. The van der Waals surface area contributed by atoms with Gasteiger partial charge in [0, 0.05) is 83.4 Å². The first kappa shape index (κ1) is 23.1. The monoisotopic (exact) mass is 534 g/mol. The molecule has 1 saturated heterocycles. The maximum atomic E-state index is 11.0. The van der Waals surface area contributed by atoms with Crippen LogP contribution < -0.4 is 4.90 Å². The molecule has 2 radical (unpaired) electrons. The number of fused-ring (bicyclic) bond motifs is 1. The molecule has 1 aliphatic heterocycles. The van der Waals surface area contributed by atoms with Gasteiger partial charge in [0.15, 0.2) is 5.65 Å². The zero-order valence-electron chi connectivity index (χ0n) is 14.8. The van der Waals surface area contributed by atoms with E-state index in [1.165, 1.54) is 0 Å². The molecule has 3 heterocycles. The Bertz CT molecular complexity index is 944. The molecule has 3 aromatic rings. The van der Waals surface area contributed by atoms with Gasteiger partial charge in [0.25, 0.3) is 0 Å². The Kier molecular flexibility index (Phi) is 8.61. The van der Waals surface area contributed by atoms with Crippen molar-refractivity contribution in [3.05, 3.63) is 41.6 Å². The number of hydrogen-bond acceptors (Lipinski definition) is 6. The molecule has 0 saturated carbocycles. The van der Waals surface area contributed by atoms with E-state index in [9.17, 15) is 8.76 Å². The Labute approximate surface area is 209 Å². The second-order valence-corrected chi connectivity index (χ2v) is 6.72. The van der Waals surface area contributed by atoms with Crippen molar-refractivity contribution in [1.29, 1.82) is 0 Å². The average molecular weight is 534 g/mol. The Morgan fingerprint density at radius 3 is 2.41 bits per heavy atom. The third-order valence-electron chi connectivity index (χ3n) is 4.15. The molecule has 0 N–H and O–H groups in total. The van der Waals surface area contributed by atoms with Gasteiger partial charge >= 0.3 is 0 Å². The maximum absolute atomic E-state index is 11.0. The van der Waals surface area contributed by atoms with E-state index in [-0.39, 0.29) is 70.3 Å². The van der Waals surface area contributed by atoms with E-state index in [0.717, 1.165) is 43.1 Å². The van der Waals surface area contributed by atoms with Crippen LogP contribution in [0.2, 0.25) is 0 Å². The number of aryl methyl sites for hydroxylation is 1. The largest absolute Gasteiger partial charge is 0.768 e. The second kappa shape index (κ2) is 10.1. The summed E-state index contributed by atoms with van der Waals surface area (Å²) in [5.74, 6) is 1.55. The van der Waals surface area contributed by atoms with Crippen LogP contribution >= 0.6 is 0 Å². The van der Waals surface area contributed by atoms with Crippen molar-refractivity contribution >= 4 is 27.9 Å². The van der Waals surface area contributed by atoms with Gasteiger partial charge in [-0.1, -0.05) is 0 Å². The first-order valence-corrected chi connectivity index (χ1v) is 9.01. The summed E-state index contributed by atoms with van der Waals surface area (Å²) in [6, 6.07) is 6.53. The van der Waals surface area contributed by atoms with Crippen molar-refractivity contribution in [3.63, 3.8) is 0 Å². The topological polar surface area (TPSA) is 101 Å². The molecule has 1 aliphatic rings. The molecule has 0 spiro atoms. The van der Waals surface area contributed by atoms with E-state index in [1.54, 1.807) is 35.1 Å². The van der Waals surface area contributed by atoms with Crippen LogP contribution in [0.5, 0.6) is 0 Å². The molecule has 4 rings (SSSR count). The van der Waals surface area contributed by atoms with Gasteiger partial charge in [0.2, 0.25) is 0 Å².